The maximum Gasteiger partial charge on any atom is 0.331 e. The van der Waals surface area contributed by atoms with Crippen molar-refractivity contribution in [3.63, 3.8) is 0 Å². The maximum atomic E-state index is 11.5. The van der Waals surface area contributed by atoms with Gasteiger partial charge in [0.1, 0.15) is 5.75 Å². The van der Waals surface area contributed by atoms with Crippen molar-refractivity contribution in [2.45, 2.75) is 44.9 Å². The number of hydrogen-bond donors (Lipinski definition) is 1. The Morgan fingerprint density at radius 1 is 0.837 bits per heavy atom. The summed E-state index contributed by atoms with van der Waals surface area (Å²) in [7, 11) is 1.67. The summed E-state index contributed by atoms with van der Waals surface area (Å²) < 4.78 is 5.56. The van der Waals surface area contributed by atoms with E-state index in [4.69, 9.17) is 21.3 Å². The molecule has 1 aromatic heterocycles. The lowest BCUT2D eigenvalue weighted by Crippen LogP contribution is -2.06. The Balaban J connectivity index is 1.41. The molecule has 0 radical (unpaired) electrons. The van der Waals surface area contributed by atoms with Crippen LogP contribution in [0.25, 0.3) is 50.5 Å². The van der Waals surface area contributed by atoms with E-state index < -0.39 is 5.97 Å². The zero-order chi connectivity index (χ0) is 29.9. The number of carboxylic acids is 1. The Morgan fingerprint density at radius 3 is 2.33 bits per heavy atom. The zero-order valence-electron chi connectivity index (χ0n) is 24.4. The van der Waals surface area contributed by atoms with Gasteiger partial charge in [0, 0.05) is 21.5 Å². The van der Waals surface area contributed by atoms with Gasteiger partial charge in [-0.2, -0.15) is 0 Å². The molecule has 0 atom stereocenters. The van der Waals surface area contributed by atoms with Crippen molar-refractivity contribution >= 4 is 34.5 Å². The first-order valence-corrected chi connectivity index (χ1v) is 15.2. The number of aromatic nitrogens is 1. The number of rotatable bonds is 7. The molecule has 5 aromatic rings. The Labute approximate surface area is 257 Å². The molecule has 0 spiro atoms. The Kier molecular flexibility index (Phi) is 8.31. The SMILES string of the molecule is COc1ccc(-c2ccc(Cl)cc2)c(-c2ccc3cc(-c4ccc(C=C(C)C(=O)O)cc4C4CCCCC4)ccc3n2)c1. The number of fused-ring (bicyclic) bond motifs is 1. The molecule has 1 fully saturated rings. The monoisotopic (exact) mass is 587 g/mol. The van der Waals surface area contributed by atoms with E-state index in [1.165, 1.54) is 30.4 Å². The molecule has 43 heavy (non-hydrogen) atoms. The highest BCUT2D eigenvalue weighted by molar-refractivity contribution is 6.30. The highest BCUT2D eigenvalue weighted by atomic mass is 35.5. The standard InChI is InChI=1S/C38H34ClNO3/c1-24(38(41)42)20-25-8-16-33(34(21-25)26-6-4-3-5-7-26)28-11-18-36-29(22-28)12-19-37(40-36)35-23-31(43-2)15-17-32(35)27-9-13-30(39)14-10-27/h8-23,26H,3-7H2,1-2H3,(H,41,42). The molecule has 0 saturated heterocycles. The van der Waals surface area contributed by atoms with E-state index in [1.54, 1.807) is 20.1 Å². The van der Waals surface area contributed by atoms with Crippen LogP contribution >= 0.6 is 11.6 Å². The number of carbonyl (C=O) groups is 1. The second kappa shape index (κ2) is 12.4. The van der Waals surface area contributed by atoms with Crippen LogP contribution in [0, 0.1) is 0 Å². The van der Waals surface area contributed by atoms with Crippen molar-refractivity contribution in [2.75, 3.05) is 7.11 Å². The van der Waals surface area contributed by atoms with E-state index in [2.05, 4.69) is 48.5 Å². The number of benzene rings is 4. The van der Waals surface area contributed by atoms with Crippen molar-refractivity contribution in [3.8, 4) is 39.3 Å². The van der Waals surface area contributed by atoms with Crippen molar-refractivity contribution < 1.29 is 14.6 Å². The predicted octanol–water partition coefficient (Wildman–Crippen LogP) is 10.4. The van der Waals surface area contributed by atoms with Crippen molar-refractivity contribution in [2.24, 2.45) is 0 Å². The fraction of sp³-hybridized carbons (Fsp3) is 0.211. The summed E-state index contributed by atoms with van der Waals surface area (Å²) in [5, 5.41) is 11.2. The number of nitrogens with zero attached hydrogens (tertiary/aromatic N) is 1. The van der Waals surface area contributed by atoms with Crippen molar-refractivity contribution in [1.82, 2.24) is 4.98 Å². The molecule has 1 heterocycles. The van der Waals surface area contributed by atoms with E-state index in [-0.39, 0.29) is 0 Å². The van der Waals surface area contributed by atoms with E-state index >= 15 is 0 Å². The number of hydrogen-bond acceptors (Lipinski definition) is 3. The first-order valence-electron chi connectivity index (χ1n) is 14.8. The number of aliphatic carboxylic acids is 1. The predicted molar refractivity (Wildman–Crippen MR) is 177 cm³/mol. The summed E-state index contributed by atoms with van der Waals surface area (Å²) in [6.07, 6.45) is 7.82. The van der Waals surface area contributed by atoms with E-state index in [0.717, 1.165) is 63.0 Å². The van der Waals surface area contributed by atoms with Gasteiger partial charge in [0.2, 0.25) is 0 Å². The Morgan fingerprint density at radius 2 is 1.58 bits per heavy atom. The summed E-state index contributed by atoms with van der Waals surface area (Å²) >= 11 is 6.16. The molecule has 5 heteroatoms. The maximum absolute atomic E-state index is 11.5. The number of ether oxygens (including phenoxy) is 1. The quantitative estimate of drug-likeness (QED) is 0.192. The van der Waals surface area contributed by atoms with Crippen LogP contribution in [0.1, 0.15) is 56.1 Å². The third-order valence-corrected chi connectivity index (χ3v) is 8.75. The van der Waals surface area contributed by atoms with Gasteiger partial charge in [-0.25, -0.2) is 9.78 Å². The molecule has 1 aliphatic carbocycles. The van der Waals surface area contributed by atoms with Gasteiger partial charge in [-0.1, -0.05) is 79.4 Å². The van der Waals surface area contributed by atoms with Crippen LogP contribution in [-0.2, 0) is 4.79 Å². The average Bonchev–Trinajstić information content (AvgIpc) is 3.04. The summed E-state index contributed by atoms with van der Waals surface area (Å²) in [5.74, 6) is 0.355. The average molecular weight is 588 g/mol. The van der Waals surface area contributed by atoms with Gasteiger partial charge in [0.25, 0.3) is 0 Å². The number of halogens is 1. The molecule has 1 aliphatic rings. The topological polar surface area (TPSA) is 59.4 Å². The van der Waals surface area contributed by atoms with Gasteiger partial charge >= 0.3 is 5.97 Å². The van der Waals surface area contributed by atoms with E-state index in [0.29, 0.717) is 16.5 Å². The molecule has 6 rings (SSSR count). The number of methoxy groups -OCH3 is 1. The summed E-state index contributed by atoms with van der Waals surface area (Å²) in [5.41, 5.74) is 9.84. The van der Waals surface area contributed by atoms with Crippen LogP contribution in [-0.4, -0.2) is 23.2 Å². The highest BCUT2D eigenvalue weighted by Gasteiger charge is 2.20. The van der Waals surface area contributed by atoms with Crippen LogP contribution in [0.3, 0.4) is 0 Å². The van der Waals surface area contributed by atoms with Gasteiger partial charge in [-0.3, -0.25) is 0 Å². The van der Waals surface area contributed by atoms with Crippen LogP contribution in [0.2, 0.25) is 5.02 Å². The van der Waals surface area contributed by atoms with E-state index in [1.807, 2.05) is 42.5 Å². The first kappa shape index (κ1) is 28.7. The molecular weight excluding hydrogens is 554 g/mol. The van der Waals surface area contributed by atoms with E-state index in [9.17, 15) is 9.90 Å². The molecule has 4 nitrogen and oxygen atoms in total. The smallest absolute Gasteiger partial charge is 0.331 e. The van der Waals surface area contributed by atoms with Crippen LogP contribution < -0.4 is 4.74 Å². The highest BCUT2D eigenvalue weighted by Crippen LogP contribution is 2.40. The molecule has 4 aromatic carbocycles. The van der Waals surface area contributed by atoms with Gasteiger partial charge in [0.05, 0.1) is 18.3 Å². The molecule has 216 valence electrons. The third kappa shape index (κ3) is 6.21. The molecule has 1 saturated carbocycles. The van der Waals surface area contributed by atoms with Crippen LogP contribution in [0.4, 0.5) is 0 Å². The first-order chi connectivity index (χ1) is 20.9. The Bertz CT molecular complexity index is 1840. The normalized spacial score (nSPS) is 14.2. The summed E-state index contributed by atoms with van der Waals surface area (Å²) in [6.45, 7) is 1.64. The zero-order valence-corrected chi connectivity index (χ0v) is 25.2. The third-order valence-electron chi connectivity index (χ3n) is 8.50. The van der Waals surface area contributed by atoms with Crippen molar-refractivity contribution in [1.29, 1.82) is 0 Å². The minimum absolute atomic E-state index is 0.338. The van der Waals surface area contributed by atoms with Crippen LogP contribution in [0.5, 0.6) is 5.75 Å². The molecule has 0 amide bonds. The van der Waals surface area contributed by atoms with Crippen molar-refractivity contribution in [3.05, 3.63) is 113 Å². The second-order valence-electron chi connectivity index (χ2n) is 11.3. The van der Waals surface area contributed by atoms with Gasteiger partial charge in [-0.15, -0.1) is 0 Å². The van der Waals surface area contributed by atoms with Gasteiger partial charge in [-0.05, 0) is 108 Å². The molecular formula is C38H34ClNO3. The summed E-state index contributed by atoms with van der Waals surface area (Å²) in [6, 6.07) is 31.0. The number of carboxylic acid groups (broad SMARTS) is 1. The number of pyridine rings is 1. The fourth-order valence-electron chi connectivity index (χ4n) is 6.18. The molecule has 0 bridgehead atoms. The lowest BCUT2D eigenvalue weighted by atomic mass is 9.80. The molecule has 1 N–H and O–H groups in total. The lowest BCUT2D eigenvalue weighted by Gasteiger charge is -2.25. The largest absolute Gasteiger partial charge is 0.497 e. The Hall–Kier alpha value is -4.41. The molecule has 0 aliphatic heterocycles. The molecule has 0 unspecified atom stereocenters. The van der Waals surface area contributed by atoms with Gasteiger partial charge in [0.15, 0.2) is 0 Å². The fourth-order valence-corrected chi connectivity index (χ4v) is 6.31. The summed E-state index contributed by atoms with van der Waals surface area (Å²) in [4.78, 5) is 16.6. The van der Waals surface area contributed by atoms with Gasteiger partial charge < -0.3 is 9.84 Å². The lowest BCUT2D eigenvalue weighted by molar-refractivity contribution is -0.132. The minimum atomic E-state index is -0.890. The van der Waals surface area contributed by atoms with Crippen LogP contribution in [0.15, 0.2) is 96.6 Å². The second-order valence-corrected chi connectivity index (χ2v) is 11.8. The minimum Gasteiger partial charge on any atom is -0.497 e.